The largest absolute Gasteiger partial charge is 0.306 e. The zero-order chi connectivity index (χ0) is 13.7. The van der Waals surface area contributed by atoms with E-state index in [0.717, 1.165) is 25.8 Å². The van der Waals surface area contributed by atoms with Gasteiger partial charge in [0.25, 0.3) is 0 Å². The van der Waals surface area contributed by atoms with Gasteiger partial charge in [-0.05, 0) is 56.8 Å². The maximum absolute atomic E-state index is 14.1. The van der Waals surface area contributed by atoms with Gasteiger partial charge in [0, 0.05) is 10.6 Å². The summed E-state index contributed by atoms with van der Waals surface area (Å²) >= 11 is 6.02. The zero-order valence-electron chi connectivity index (χ0n) is 11.4. The molecule has 1 atom stereocenters. The van der Waals surface area contributed by atoms with E-state index in [9.17, 15) is 4.39 Å². The molecule has 0 spiro atoms. The molecule has 1 aromatic carbocycles. The van der Waals surface area contributed by atoms with E-state index in [0.29, 0.717) is 10.6 Å². The molecule has 0 heterocycles. The maximum atomic E-state index is 14.1. The number of rotatable bonds is 5. The summed E-state index contributed by atoms with van der Waals surface area (Å²) in [5.74, 6) is -0.176. The van der Waals surface area contributed by atoms with Crippen LogP contribution in [0.5, 0.6) is 0 Å². The van der Waals surface area contributed by atoms with Crippen molar-refractivity contribution in [2.45, 2.75) is 45.1 Å². The Hall–Kier alpha value is -0.860. The molecule has 1 nitrogen and oxygen atoms in total. The molecule has 1 unspecified atom stereocenters. The van der Waals surface area contributed by atoms with Crippen LogP contribution >= 0.6 is 11.6 Å². The Labute approximate surface area is 119 Å². The second-order valence-electron chi connectivity index (χ2n) is 5.08. The Balaban J connectivity index is 2.30. The molecule has 19 heavy (non-hydrogen) atoms. The fraction of sp³-hybridized carbons (Fsp3) is 0.500. The Morgan fingerprint density at radius 1 is 1.37 bits per heavy atom. The van der Waals surface area contributed by atoms with Gasteiger partial charge in [-0.25, -0.2) is 4.39 Å². The average Bonchev–Trinajstić information content (AvgIpc) is 2.44. The van der Waals surface area contributed by atoms with Gasteiger partial charge >= 0.3 is 0 Å². The highest BCUT2D eigenvalue weighted by Gasteiger charge is 2.20. The summed E-state index contributed by atoms with van der Waals surface area (Å²) in [7, 11) is 0. The summed E-state index contributed by atoms with van der Waals surface area (Å²) in [5.41, 5.74) is 1.98. The number of benzene rings is 1. The van der Waals surface area contributed by atoms with E-state index in [1.165, 1.54) is 24.5 Å². The summed E-state index contributed by atoms with van der Waals surface area (Å²) in [6.45, 7) is 3.00. The summed E-state index contributed by atoms with van der Waals surface area (Å²) in [6.07, 6.45) is 7.87. The highest BCUT2D eigenvalue weighted by molar-refractivity contribution is 6.30. The van der Waals surface area contributed by atoms with Gasteiger partial charge in [0.05, 0.1) is 6.04 Å². The van der Waals surface area contributed by atoms with Gasteiger partial charge in [-0.3, -0.25) is 0 Å². The quantitative estimate of drug-likeness (QED) is 0.747. The lowest BCUT2D eigenvalue weighted by Crippen LogP contribution is -2.25. The first-order valence-electron chi connectivity index (χ1n) is 7.09. The second kappa shape index (κ2) is 7.06. The fourth-order valence-electron chi connectivity index (χ4n) is 2.59. The molecule has 0 fully saturated rings. The third-order valence-corrected chi connectivity index (χ3v) is 3.80. The van der Waals surface area contributed by atoms with E-state index in [2.05, 4.69) is 18.3 Å². The standard InChI is InChI=1S/C16H21ClFN/c1-2-10-19-16(12-6-4-3-5-7-12)14-11-13(17)8-9-15(14)18/h6,8-9,11,16,19H,2-5,7,10H2,1H3. The third-order valence-electron chi connectivity index (χ3n) is 3.56. The van der Waals surface area contributed by atoms with Crippen molar-refractivity contribution in [2.75, 3.05) is 6.54 Å². The van der Waals surface area contributed by atoms with Crippen LogP contribution in [0.25, 0.3) is 0 Å². The van der Waals surface area contributed by atoms with Crippen molar-refractivity contribution in [1.82, 2.24) is 5.32 Å². The van der Waals surface area contributed by atoms with Crippen LogP contribution in [0.4, 0.5) is 4.39 Å². The summed E-state index contributed by atoms with van der Waals surface area (Å²) in [5, 5.41) is 4.05. The van der Waals surface area contributed by atoms with Crippen LogP contribution in [-0.4, -0.2) is 6.54 Å². The van der Waals surface area contributed by atoms with Crippen LogP contribution < -0.4 is 5.32 Å². The number of hydrogen-bond donors (Lipinski definition) is 1. The lowest BCUT2D eigenvalue weighted by atomic mass is 9.89. The smallest absolute Gasteiger partial charge is 0.128 e. The number of halogens is 2. The summed E-state index contributed by atoms with van der Waals surface area (Å²) in [4.78, 5) is 0. The molecule has 0 saturated carbocycles. The molecule has 0 saturated heterocycles. The third kappa shape index (κ3) is 3.80. The van der Waals surface area contributed by atoms with Gasteiger partial charge in [0.2, 0.25) is 0 Å². The molecular formula is C16H21ClFN. The van der Waals surface area contributed by atoms with Crippen molar-refractivity contribution in [3.05, 3.63) is 46.3 Å². The number of allylic oxidation sites excluding steroid dienone is 1. The van der Waals surface area contributed by atoms with Crippen molar-refractivity contribution < 1.29 is 4.39 Å². The lowest BCUT2D eigenvalue weighted by Gasteiger charge is -2.25. The minimum absolute atomic E-state index is 0.0288. The highest BCUT2D eigenvalue weighted by Crippen LogP contribution is 2.32. The zero-order valence-corrected chi connectivity index (χ0v) is 12.1. The second-order valence-corrected chi connectivity index (χ2v) is 5.51. The van der Waals surface area contributed by atoms with Crippen LogP contribution in [0.2, 0.25) is 5.02 Å². The number of hydrogen-bond acceptors (Lipinski definition) is 1. The molecule has 0 aliphatic heterocycles. The van der Waals surface area contributed by atoms with E-state index >= 15 is 0 Å². The Kier molecular flexibility index (Phi) is 5.41. The van der Waals surface area contributed by atoms with Gasteiger partial charge in [-0.2, -0.15) is 0 Å². The molecule has 1 aliphatic rings. The van der Waals surface area contributed by atoms with Crippen molar-refractivity contribution in [2.24, 2.45) is 0 Å². The van der Waals surface area contributed by atoms with E-state index in [1.807, 2.05) is 0 Å². The maximum Gasteiger partial charge on any atom is 0.128 e. The SMILES string of the molecule is CCCNC(C1=CCCCC1)c1cc(Cl)ccc1F. The predicted octanol–water partition coefficient (Wildman–Crippen LogP) is 5.02. The van der Waals surface area contributed by atoms with Crippen LogP contribution in [0, 0.1) is 5.82 Å². The topological polar surface area (TPSA) is 12.0 Å². The van der Waals surface area contributed by atoms with Crippen LogP contribution in [0.3, 0.4) is 0 Å². The molecule has 1 N–H and O–H groups in total. The molecule has 0 aromatic heterocycles. The summed E-state index contributed by atoms with van der Waals surface area (Å²) in [6, 6.07) is 4.78. The van der Waals surface area contributed by atoms with Gasteiger partial charge in [0.1, 0.15) is 5.82 Å². The van der Waals surface area contributed by atoms with E-state index in [-0.39, 0.29) is 11.9 Å². The van der Waals surface area contributed by atoms with Gasteiger partial charge < -0.3 is 5.32 Å². The fourth-order valence-corrected chi connectivity index (χ4v) is 2.77. The van der Waals surface area contributed by atoms with Crippen LogP contribution in [-0.2, 0) is 0 Å². The normalized spacial score (nSPS) is 17.1. The molecule has 0 radical (unpaired) electrons. The molecule has 1 aromatic rings. The molecule has 0 bridgehead atoms. The molecular weight excluding hydrogens is 261 g/mol. The first-order chi connectivity index (χ1) is 9.22. The summed E-state index contributed by atoms with van der Waals surface area (Å²) < 4.78 is 14.1. The lowest BCUT2D eigenvalue weighted by molar-refractivity contribution is 0.516. The Bertz CT molecular complexity index is 456. The van der Waals surface area contributed by atoms with Crippen molar-refractivity contribution in [3.63, 3.8) is 0 Å². The van der Waals surface area contributed by atoms with Crippen LogP contribution in [0.1, 0.15) is 50.6 Å². The highest BCUT2D eigenvalue weighted by atomic mass is 35.5. The molecule has 0 amide bonds. The monoisotopic (exact) mass is 281 g/mol. The van der Waals surface area contributed by atoms with Crippen molar-refractivity contribution >= 4 is 11.6 Å². The average molecular weight is 282 g/mol. The molecule has 2 rings (SSSR count). The van der Waals surface area contributed by atoms with E-state index < -0.39 is 0 Å². The Morgan fingerprint density at radius 2 is 2.21 bits per heavy atom. The Morgan fingerprint density at radius 3 is 2.89 bits per heavy atom. The number of nitrogens with one attached hydrogen (secondary N) is 1. The van der Waals surface area contributed by atoms with Gasteiger partial charge in [-0.1, -0.05) is 30.2 Å². The first-order valence-corrected chi connectivity index (χ1v) is 7.47. The minimum Gasteiger partial charge on any atom is -0.306 e. The van der Waals surface area contributed by atoms with Gasteiger partial charge in [-0.15, -0.1) is 0 Å². The predicted molar refractivity (Wildman–Crippen MR) is 79.0 cm³/mol. The van der Waals surface area contributed by atoms with Crippen molar-refractivity contribution in [1.29, 1.82) is 0 Å². The first kappa shape index (κ1) is 14.5. The van der Waals surface area contributed by atoms with Gasteiger partial charge in [0.15, 0.2) is 0 Å². The van der Waals surface area contributed by atoms with Crippen LogP contribution in [0.15, 0.2) is 29.8 Å². The molecule has 3 heteroatoms. The van der Waals surface area contributed by atoms with E-state index in [4.69, 9.17) is 11.6 Å². The van der Waals surface area contributed by atoms with E-state index in [1.54, 1.807) is 12.1 Å². The molecule has 104 valence electrons. The molecule has 1 aliphatic carbocycles. The van der Waals surface area contributed by atoms with Crippen molar-refractivity contribution in [3.8, 4) is 0 Å². The minimum atomic E-state index is -0.176.